The van der Waals surface area contributed by atoms with Crippen LogP contribution in [0, 0.1) is 6.92 Å². The number of aliphatic imine (C=N–C) groups is 1. The topological polar surface area (TPSA) is 34.5 Å². The van der Waals surface area contributed by atoms with E-state index in [2.05, 4.69) is 22.6 Å². The van der Waals surface area contributed by atoms with Crippen LogP contribution in [0.4, 0.5) is 0 Å². The Morgan fingerprint density at radius 1 is 1.37 bits per heavy atom. The van der Waals surface area contributed by atoms with Crippen molar-refractivity contribution >= 4 is 28.9 Å². The van der Waals surface area contributed by atoms with E-state index >= 15 is 0 Å². The standard InChI is InChI=1S/C15H20N2OS/c1-7-12(9-16-5)13(8-2)15-14(10(3)18-6)17-11(4)19-15/h7-9H,3H2,1-2,4-6H3/b12-7+,13-8-,16-9-. The minimum Gasteiger partial charge on any atom is -0.495 e. The van der Waals surface area contributed by atoms with Crippen LogP contribution >= 0.6 is 11.3 Å². The molecule has 0 saturated heterocycles. The van der Waals surface area contributed by atoms with Gasteiger partial charge in [-0.25, -0.2) is 4.98 Å². The van der Waals surface area contributed by atoms with Gasteiger partial charge in [0, 0.05) is 13.3 Å². The van der Waals surface area contributed by atoms with Crippen LogP contribution in [0.2, 0.25) is 0 Å². The zero-order chi connectivity index (χ0) is 14.4. The average Bonchev–Trinajstić information content (AvgIpc) is 2.79. The smallest absolute Gasteiger partial charge is 0.138 e. The van der Waals surface area contributed by atoms with Crippen LogP contribution in [0.25, 0.3) is 11.3 Å². The van der Waals surface area contributed by atoms with Gasteiger partial charge >= 0.3 is 0 Å². The van der Waals surface area contributed by atoms with Crippen molar-refractivity contribution in [2.75, 3.05) is 14.2 Å². The quantitative estimate of drug-likeness (QED) is 0.460. The summed E-state index contributed by atoms with van der Waals surface area (Å²) in [5.74, 6) is 0.586. The van der Waals surface area contributed by atoms with Crippen LogP contribution in [0.5, 0.6) is 0 Å². The summed E-state index contributed by atoms with van der Waals surface area (Å²) in [7, 11) is 3.38. The molecule has 1 heterocycles. The molecule has 0 saturated carbocycles. The fourth-order valence-electron chi connectivity index (χ4n) is 1.76. The van der Waals surface area contributed by atoms with Crippen molar-refractivity contribution in [1.29, 1.82) is 0 Å². The first-order chi connectivity index (χ1) is 9.08. The molecule has 1 aromatic rings. The van der Waals surface area contributed by atoms with Gasteiger partial charge in [-0.2, -0.15) is 0 Å². The van der Waals surface area contributed by atoms with Gasteiger partial charge in [0.2, 0.25) is 0 Å². The molecule has 0 bridgehead atoms. The number of allylic oxidation sites excluding steroid dienone is 4. The minimum atomic E-state index is 0.586. The predicted octanol–water partition coefficient (Wildman–Crippen LogP) is 4.12. The van der Waals surface area contributed by atoms with Crippen LogP contribution in [0.15, 0.2) is 29.3 Å². The molecule has 1 aromatic heterocycles. The predicted molar refractivity (Wildman–Crippen MR) is 84.7 cm³/mol. The highest BCUT2D eigenvalue weighted by Gasteiger charge is 2.17. The molecule has 0 aliphatic carbocycles. The summed E-state index contributed by atoms with van der Waals surface area (Å²) >= 11 is 1.64. The Morgan fingerprint density at radius 3 is 2.53 bits per heavy atom. The maximum atomic E-state index is 5.23. The van der Waals surface area contributed by atoms with Crippen LogP contribution in [0.3, 0.4) is 0 Å². The van der Waals surface area contributed by atoms with Crippen LogP contribution in [0.1, 0.15) is 29.4 Å². The largest absolute Gasteiger partial charge is 0.495 e. The van der Waals surface area contributed by atoms with E-state index in [9.17, 15) is 0 Å². The fourth-order valence-corrected chi connectivity index (χ4v) is 2.80. The lowest BCUT2D eigenvalue weighted by Crippen LogP contribution is -1.95. The van der Waals surface area contributed by atoms with Gasteiger partial charge in [0.05, 0.1) is 17.0 Å². The molecule has 0 aliphatic heterocycles. The first-order valence-electron chi connectivity index (χ1n) is 6.05. The van der Waals surface area contributed by atoms with Gasteiger partial charge in [-0.1, -0.05) is 18.7 Å². The second-order valence-corrected chi connectivity index (χ2v) is 5.07. The monoisotopic (exact) mass is 276 g/mol. The molecule has 0 atom stereocenters. The van der Waals surface area contributed by atoms with E-state index in [1.807, 2.05) is 33.1 Å². The Bertz CT molecular complexity index is 550. The maximum absolute atomic E-state index is 5.23. The molecule has 0 fully saturated rings. The number of aryl methyl sites for hydroxylation is 1. The number of thiazole rings is 1. The molecular formula is C15H20N2OS. The van der Waals surface area contributed by atoms with Gasteiger partial charge in [-0.15, -0.1) is 11.3 Å². The number of aromatic nitrogens is 1. The molecule has 0 N–H and O–H groups in total. The third-order valence-corrected chi connectivity index (χ3v) is 3.67. The molecule has 0 unspecified atom stereocenters. The second-order valence-electron chi connectivity index (χ2n) is 3.87. The highest BCUT2D eigenvalue weighted by molar-refractivity contribution is 7.13. The third-order valence-electron chi connectivity index (χ3n) is 2.67. The van der Waals surface area contributed by atoms with Crippen molar-refractivity contribution in [1.82, 2.24) is 4.98 Å². The molecule has 0 spiro atoms. The van der Waals surface area contributed by atoms with Gasteiger partial charge < -0.3 is 4.74 Å². The van der Waals surface area contributed by atoms with Gasteiger partial charge in [-0.05, 0) is 31.9 Å². The van der Waals surface area contributed by atoms with Gasteiger partial charge in [0.15, 0.2) is 0 Å². The van der Waals surface area contributed by atoms with E-state index in [4.69, 9.17) is 4.74 Å². The summed E-state index contributed by atoms with van der Waals surface area (Å²) in [5, 5.41) is 0.992. The Morgan fingerprint density at radius 2 is 2.05 bits per heavy atom. The van der Waals surface area contributed by atoms with Gasteiger partial charge in [-0.3, -0.25) is 4.99 Å². The van der Waals surface area contributed by atoms with Crippen molar-refractivity contribution in [3.05, 3.63) is 39.9 Å². The molecular weight excluding hydrogens is 256 g/mol. The molecule has 19 heavy (non-hydrogen) atoms. The Labute approximate surface area is 119 Å². The summed E-state index contributed by atoms with van der Waals surface area (Å²) in [6, 6.07) is 0. The second kappa shape index (κ2) is 7.04. The first-order valence-corrected chi connectivity index (χ1v) is 6.86. The number of methoxy groups -OCH3 is 1. The first kappa shape index (κ1) is 15.4. The van der Waals surface area contributed by atoms with E-state index in [1.165, 1.54) is 0 Å². The average molecular weight is 276 g/mol. The Kier molecular flexibility index (Phi) is 5.70. The van der Waals surface area contributed by atoms with Gasteiger partial charge in [0.1, 0.15) is 11.5 Å². The molecule has 0 aliphatic rings. The fraction of sp³-hybridized carbons (Fsp3) is 0.333. The summed E-state index contributed by atoms with van der Waals surface area (Å²) in [6.07, 6.45) is 5.96. The van der Waals surface area contributed by atoms with Crippen molar-refractivity contribution < 1.29 is 4.74 Å². The molecule has 1 rings (SSSR count). The third kappa shape index (κ3) is 3.41. The molecule has 4 heteroatoms. The summed E-state index contributed by atoms with van der Waals surface area (Å²) in [4.78, 5) is 9.68. The SMILES string of the molecule is C=C(OC)c1nc(C)sc1C(=C\C)/C(/C=N\C)=C/C. The van der Waals surface area contributed by atoms with Crippen LogP contribution < -0.4 is 0 Å². The Balaban J connectivity index is 3.38. The minimum absolute atomic E-state index is 0.586. The van der Waals surface area contributed by atoms with Crippen LogP contribution in [-0.4, -0.2) is 25.4 Å². The number of rotatable bonds is 5. The van der Waals surface area contributed by atoms with E-state index in [0.717, 1.165) is 26.7 Å². The van der Waals surface area contributed by atoms with Crippen LogP contribution in [-0.2, 0) is 4.74 Å². The molecule has 0 aromatic carbocycles. The molecule has 102 valence electrons. The number of nitrogens with zero attached hydrogens (tertiary/aromatic N) is 2. The summed E-state index contributed by atoms with van der Waals surface area (Å²) in [6.45, 7) is 9.90. The number of hydrogen-bond acceptors (Lipinski definition) is 4. The van der Waals surface area contributed by atoms with Crippen molar-refractivity contribution in [3.63, 3.8) is 0 Å². The summed E-state index contributed by atoms with van der Waals surface area (Å²) in [5.41, 5.74) is 2.98. The van der Waals surface area contributed by atoms with E-state index in [0.29, 0.717) is 5.76 Å². The lowest BCUT2D eigenvalue weighted by Gasteiger charge is -2.09. The number of ether oxygens (including phenoxy) is 1. The number of hydrogen-bond donors (Lipinski definition) is 0. The van der Waals surface area contributed by atoms with Crippen molar-refractivity contribution in [2.45, 2.75) is 20.8 Å². The molecule has 3 nitrogen and oxygen atoms in total. The molecule has 0 amide bonds. The summed E-state index contributed by atoms with van der Waals surface area (Å²) < 4.78 is 5.23. The zero-order valence-electron chi connectivity index (χ0n) is 12.2. The van der Waals surface area contributed by atoms with E-state index in [-0.39, 0.29) is 0 Å². The lowest BCUT2D eigenvalue weighted by molar-refractivity contribution is 0.369. The maximum Gasteiger partial charge on any atom is 0.138 e. The van der Waals surface area contributed by atoms with Crippen molar-refractivity contribution in [3.8, 4) is 0 Å². The lowest BCUT2D eigenvalue weighted by atomic mass is 10.0. The van der Waals surface area contributed by atoms with Gasteiger partial charge in [0.25, 0.3) is 0 Å². The van der Waals surface area contributed by atoms with E-state index < -0.39 is 0 Å². The van der Waals surface area contributed by atoms with Crippen molar-refractivity contribution in [2.24, 2.45) is 4.99 Å². The van der Waals surface area contributed by atoms with E-state index in [1.54, 1.807) is 25.5 Å². The normalized spacial score (nSPS) is 13.1. The zero-order valence-corrected chi connectivity index (χ0v) is 13.0. The highest BCUT2D eigenvalue weighted by Crippen LogP contribution is 2.33. The Hall–Kier alpha value is -1.68. The highest BCUT2D eigenvalue weighted by atomic mass is 32.1. The molecule has 0 radical (unpaired) electrons.